The SMILES string of the molecule is CCCCC(NCC(=O)NC)c1ccccc1. The van der Waals surface area contributed by atoms with Crippen molar-refractivity contribution in [2.45, 2.75) is 32.2 Å². The van der Waals surface area contributed by atoms with Crippen molar-refractivity contribution in [1.82, 2.24) is 10.6 Å². The molecule has 0 aliphatic rings. The van der Waals surface area contributed by atoms with Gasteiger partial charge in [-0.2, -0.15) is 0 Å². The summed E-state index contributed by atoms with van der Waals surface area (Å²) >= 11 is 0. The third-order valence-electron chi connectivity index (χ3n) is 2.84. The van der Waals surface area contributed by atoms with Gasteiger partial charge in [0.2, 0.25) is 5.91 Å². The summed E-state index contributed by atoms with van der Waals surface area (Å²) in [5.74, 6) is 0.0300. The zero-order valence-electron chi connectivity index (χ0n) is 10.7. The number of amides is 1. The van der Waals surface area contributed by atoms with E-state index in [4.69, 9.17) is 0 Å². The van der Waals surface area contributed by atoms with Crippen LogP contribution in [0.2, 0.25) is 0 Å². The second-order valence-electron chi connectivity index (χ2n) is 4.16. The highest BCUT2D eigenvalue weighted by atomic mass is 16.1. The van der Waals surface area contributed by atoms with E-state index >= 15 is 0 Å². The molecule has 0 radical (unpaired) electrons. The standard InChI is InChI=1S/C14H22N2O/c1-3-4-10-13(16-11-14(17)15-2)12-8-6-5-7-9-12/h5-9,13,16H,3-4,10-11H2,1-2H3,(H,15,17). The van der Waals surface area contributed by atoms with Crippen LogP contribution < -0.4 is 10.6 Å². The Morgan fingerprint density at radius 3 is 2.59 bits per heavy atom. The molecule has 0 aliphatic carbocycles. The Morgan fingerprint density at radius 1 is 1.29 bits per heavy atom. The lowest BCUT2D eigenvalue weighted by Crippen LogP contribution is -2.33. The van der Waals surface area contributed by atoms with Crippen LogP contribution in [0.15, 0.2) is 30.3 Å². The summed E-state index contributed by atoms with van der Waals surface area (Å²) in [5, 5.41) is 5.94. The Kier molecular flexibility index (Phi) is 6.33. The van der Waals surface area contributed by atoms with E-state index in [2.05, 4.69) is 29.7 Å². The Balaban J connectivity index is 2.57. The first kappa shape index (κ1) is 13.7. The summed E-state index contributed by atoms with van der Waals surface area (Å²) in [6.07, 6.45) is 3.41. The molecule has 0 aromatic heterocycles. The van der Waals surface area contributed by atoms with Crippen LogP contribution in [0.4, 0.5) is 0 Å². The zero-order chi connectivity index (χ0) is 12.5. The van der Waals surface area contributed by atoms with Gasteiger partial charge in [0.05, 0.1) is 6.54 Å². The normalized spacial score (nSPS) is 12.1. The summed E-state index contributed by atoms with van der Waals surface area (Å²) in [5.41, 5.74) is 1.25. The fraction of sp³-hybridized carbons (Fsp3) is 0.500. The van der Waals surface area contributed by atoms with Crippen LogP contribution in [0.3, 0.4) is 0 Å². The lowest BCUT2D eigenvalue weighted by Gasteiger charge is -2.18. The molecule has 0 spiro atoms. The molecular formula is C14H22N2O. The van der Waals surface area contributed by atoms with Crippen molar-refractivity contribution in [3.05, 3.63) is 35.9 Å². The summed E-state index contributed by atoms with van der Waals surface area (Å²) in [6.45, 7) is 2.56. The molecule has 1 unspecified atom stereocenters. The first-order chi connectivity index (χ1) is 8.27. The van der Waals surface area contributed by atoms with Gasteiger partial charge in [0.1, 0.15) is 0 Å². The van der Waals surface area contributed by atoms with Gasteiger partial charge in [-0.25, -0.2) is 0 Å². The maximum absolute atomic E-state index is 11.2. The second kappa shape index (κ2) is 7.85. The molecule has 94 valence electrons. The third-order valence-corrected chi connectivity index (χ3v) is 2.84. The summed E-state index contributed by atoms with van der Waals surface area (Å²) in [7, 11) is 1.66. The van der Waals surface area contributed by atoms with Gasteiger partial charge in [0, 0.05) is 13.1 Å². The third kappa shape index (κ3) is 5.00. The Bertz CT molecular complexity index is 324. The van der Waals surface area contributed by atoms with Crippen LogP contribution in [0.1, 0.15) is 37.8 Å². The lowest BCUT2D eigenvalue weighted by atomic mass is 10.0. The molecule has 0 bridgehead atoms. The van der Waals surface area contributed by atoms with Crippen molar-refractivity contribution in [3.63, 3.8) is 0 Å². The van der Waals surface area contributed by atoms with Crippen LogP contribution in [0.5, 0.6) is 0 Å². The molecule has 1 aromatic carbocycles. The first-order valence-electron chi connectivity index (χ1n) is 6.26. The second-order valence-corrected chi connectivity index (χ2v) is 4.16. The molecule has 1 amide bonds. The van der Waals surface area contributed by atoms with Crippen molar-refractivity contribution in [3.8, 4) is 0 Å². The molecule has 0 aliphatic heterocycles. The van der Waals surface area contributed by atoms with E-state index in [0.29, 0.717) is 6.54 Å². The van der Waals surface area contributed by atoms with E-state index in [1.807, 2.05) is 18.2 Å². The maximum atomic E-state index is 11.2. The molecule has 1 atom stereocenters. The zero-order valence-corrected chi connectivity index (χ0v) is 10.7. The highest BCUT2D eigenvalue weighted by Crippen LogP contribution is 2.18. The number of unbranched alkanes of at least 4 members (excludes halogenated alkanes) is 1. The van der Waals surface area contributed by atoms with Gasteiger partial charge in [-0.15, -0.1) is 0 Å². The minimum absolute atomic E-state index is 0.0300. The molecule has 0 fully saturated rings. The number of hydrogen-bond acceptors (Lipinski definition) is 2. The average molecular weight is 234 g/mol. The van der Waals surface area contributed by atoms with E-state index in [0.717, 1.165) is 6.42 Å². The van der Waals surface area contributed by atoms with Gasteiger partial charge < -0.3 is 10.6 Å². The van der Waals surface area contributed by atoms with Gasteiger partial charge in [0.25, 0.3) is 0 Å². The fourth-order valence-electron chi connectivity index (χ4n) is 1.78. The van der Waals surface area contributed by atoms with Gasteiger partial charge >= 0.3 is 0 Å². The highest BCUT2D eigenvalue weighted by Gasteiger charge is 2.11. The molecule has 17 heavy (non-hydrogen) atoms. The van der Waals surface area contributed by atoms with Crippen LogP contribution in [0.25, 0.3) is 0 Å². The number of carbonyl (C=O) groups excluding carboxylic acids is 1. The summed E-state index contributed by atoms with van der Waals surface area (Å²) in [6, 6.07) is 10.6. The van der Waals surface area contributed by atoms with Crippen molar-refractivity contribution in [2.75, 3.05) is 13.6 Å². The number of likely N-dealkylation sites (N-methyl/N-ethyl adjacent to an activating group) is 1. The van der Waals surface area contributed by atoms with E-state index in [1.165, 1.54) is 18.4 Å². The molecule has 3 nitrogen and oxygen atoms in total. The van der Waals surface area contributed by atoms with Crippen molar-refractivity contribution >= 4 is 5.91 Å². The number of carbonyl (C=O) groups is 1. The van der Waals surface area contributed by atoms with Crippen molar-refractivity contribution in [2.24, 2.45) is 0 Å². The fourth-order valence-corrected chi connectivity index (χ4v) is 1.78. The quantitative estimate of drug-likeness (QED) is 0.759. The predicted molar refractivity (Wildman–Crippen MR) is 70.8 cm³/mol. The maximum Gasteiger partial charge on any atom is 0.233 e. The summed E-state index contributed by atoms with van der Waals surface area (Å²) in [4.78, 5) is 11.2. The molecule has 1 aromatic rings. The number of benzene rings is 1. The Hall–Kier alpha value is -1.35. The Labute approximate surface area is 104 Å². The monoisotopic (exact) mass is 234 g/mol. The lowest BCUT2D eigenvalue weighted by molar-refractivity contribution is -0.119. The Morgan fingerprint density at radius 2 is 2.00 bits per heavy atom. The van der Waals surface area contributed by atoms with E-state index in [-0.39, 0.29) is 11.9 Å². The topological polar surface area (TPSA) is 41.1 Å². The molecule has 2 N–H and O–H groups in total. The molecular weight excluding hydrogens is 212 g/mol. The first-order valence-corrected chi connectivity index (χ1v) is 6.26. The largest absolute Gasteiger partial charge is 0.358 e. The van der Waals surface area contributed by atoms with E-state index in [1.54, 1.807) is 7.05 Å². The van der Waals surface area contributed by atoms with Crippen molar-refractivity contribution < 1.29 is 4.79 Å². The minimum atomic E-state index is 0.0300. The van der Waals surface area contributed by atoms with Gasteiger partial charge in [0.15, 0.2) is 0 Å². The van der Waals surface area contributed by atoms with Crippen LogP contribution in [-0.2, 0) is 4.79 Å². The van der Waals surface area contributed by atoms with E-state index in [9.17, 15) is 4.79 Å². The number of rotatable bonds is 7. The molecule has 0 saturated carbocycles. The smallest absolute Gasteiger partial charge is 0.233 e. The van der Waals surface area contributed by atoms with Crippen LogP contribution in [-0.4, -0.2) is 19.5 Å². The van der Waals surface area contributed by atoms with Gasteiger partial charge in [-0.3, -0.25) is 4.79 Å². The van der Waals surface area contributed by atoms with Gasteiger partial charge in [-0.05, 0) is 12.0 Å². The number of nitrogens with one attached hydrogen (secondary N) is 2. The van der Waals surface area contributed by atoms with Gasteiger partial charge in [-0.1, -0.05) is 50.1 Å². The van der Waals surface area contributed by atoms with E-state index < -0.39 is 0 Å². The molecule has 1 rings (SSSR count). The van der Waals surface area contributed by atoms with Crippen LogP contribution >= 0.6 is 0 Å². The molecule has 0 saturated heterocycles. The predicted octanol–water partition coefficient (Wildman–Crippen LogP) is 2.25. The van der Waals surface area contributed by atoms with Crippen molar-refractivity contribution in [1.29, 1.82) is 0 Å². The molecule has 0 heterocycles. The van der Waals surface area contributed by atoms with Crippen LogP contribution in [0, 0.1) is 0 Å². The highest BCUT2D eigenvalue weighted by molar-refractivity contribution is 5.77. The average Bonchev–Trinajstić information content (AvgIpc) is 2.39. The minimum Gasteiger partial charge on any atom is -0.358 e. The summed E-state index contributed by atoms with van der Waals surface area (Å²) < 4.78 is 0. The molecule has 3 heteroatoms. The number of hydrogen-bond donors (Lipinski definition) is 2.